The van der Waals surface area contributed by atoms with E-state index in [1.807, 2.05) is 120 Å². The van der Waals surface area contributed by atoms with Crippen molar-refractivity contribution in [3.05, 3.63) is 151 Å². The summed E-state index contributed by atoms with van der Waals surface area (Å²) < 4.78 is 24.3. The van der Waals surface area contributed by atoms with Gasteiger partial charge in [-0.05, 0) is 142 Å². The standard InChI is InChI=1S/C65H79N7O10S/c1-8-70(50-22-28-80-29-23-50)56-32-49(31-54(43(56)6)61(74)67-36-55-41(4)30-42(5)69-62(55)75)45-18-20-52(21-19-45)81-26-12-11-24-79-25-13-27-82-58-33-46(60-44(7)68-39-83-60)16-17-47(58)35-66-63(76)57-34-51(73)38-71(57)65(78)59(40(2)3)72-37-48-14-9-10-15-53(48)64(72)77/h9-10,14-21,30-33,39-40,50-51,57,59,73H,8,11-13,22-29,34-38H2,1-7H3,(H,66,76)(H,67,74)(H,69,75)/t51-,57+,59+/m1/s1. The van der Waals surface area contributed by atoms with Crippen LogP contribution in [0.4, 0.5) is 5.69 Å². The molecule has 2 fully saturated rings. The van der Waals surface area contributed by atoms with Crippen LogP contribution in [0.3, 0.4) is 0 Å². The third-order valence-electron chi connectivity index (χ3n) is 16.1. The number of likely N-dealkylation sites (tertiary alicyclic amines) is 1. The molecule has 6 aromatic rings. The Balaban J connectivity index is 0.754. The number of thiazole rings is 1. The molecule has 2 aromatic heterocycles. The number of hydrogen-bond acceptors (Lipinski definition) is 13. The van der Waals surface area contributed by atoms with Gasteiger partial charge in [-0.3, -0.25) is 24.0 Å². The highest BCUT2D eigenvalue weighted by molar-refractivity contribution is 7.13. The number of aliphatic hydroxyl groups excluding tert-OH is 1. The number of nitrogens with one attached hydrogen (secondary N) is 3. The van der Waals surface area contributed by atoms with E-state index in [0.29, 0.717) is 75.0 Å². The predicted molar refractivity (Wildman–Crippen MR) is 322 cm³/mol. The number of pyridine rings is 1. The number of aromatic nitrogens is 2. The minimum absolute atomic E-state index is 0.000633. The topological polar surface area (TPSA) is 205 Å². The largest absolute Gasteiger partial charge is 0.494 e. The number of H-pyrrole nitrogens is 1. The van der Waals surface area contributed by atoms with Gasteiger partial charge in [0.2, 0.25) is 11.8 Å². The summed E-state index contributed by atoms with van der Waals surface area (Å²) in [6, 6.07) is 25.8. The molecule has 5 heterocycles. The maximum absolute atomic E-state index is 14.3. The van der Waals surface area contributed by atoms with Crippen LogP contribution in [0.25, 0.3) is 21.6 Å². The lowest BCUT2D eigenvalue weighted by atomic mass is 9.95. The van der Waals surface area contributed by atoms with Crippen molar-refractivity contribution in [3.63, 3.8) is 0 Å². The number of unbranched alkanes of at least 4 members (excludes halogenated alkanes) is 1. The van der Waals surface area contributed by atoms with E-state index in [2.05, 4.69) is 38.5 Å². The van der Waals surface area contributed by atoms with Gasteiger partial charge in [-0.2, -0.15) is 0 Å². The lowest BCUT2D eigenvalue weighted by Crippen LogP contribution is -2.55. The van der Waals surface area contributed by atoms with Crippen LogP contribution < -0.4 is 30.6 Å². The summed E-state index contributed by atoms with van der Waals surface area (Å²) in [7, 11) is 0. The van der Waals surface area contributed by atoms with E-state index in [9.17, 15) is 29.1 Å². The van der Waals surface area contributed by atoms with Gasteiger partial charge in [-0.25, -0.2) is 4.98 Å². The summed E-state index contributed by atoms with van der Waals surface area (Å²) in [6.07, 6.45) is 3.25. The van der Waals surface area contributed by atoms with Crippen LogP contribution in [0, 0.1) is 33.6 Å². The molecule has 0 saturated carbocycles. The number of carbonyl (C=O) groups is 4. The third kappa shape index (κ3) is 14.3. The van der Waals surface area contributed by atoms with Gasteiger partial charge in [0.1, 0.15) is 23.6 Å². The Morgan fingerprint density at radius 3 is 2.31 bits per heavy atom. The van der Waals surface area contributed by atoms with Crippen molar-refractivity contribution in [2.24, 2.45) is 5.92 Å². The van der Waals surface area contributed by atoms with Gasteiger partial charge >= 0.3 is 0 Å². The molecular formula is C65H79N7O10S. The highest BCUT2D eigenvalue weighted by Crippen LogP contribution is 2.36. The highest BCUT2D eigenvalue weighted by atomic mass is 32.1. The minimum Gasteiger partial charge on any atom is -0.494 e. The molecule has 2 saturated heterocycles. The number of fused-ring (bicyclic) bond motifs is 1. The summed E-state index contributed by atoms with van der Waals surface area (Å²) in [4.78, 5) is 82.4. The first-order valence-electron chi connectivity index (χ1n) is 29.2. The average Bonchev–Trinajstić information content (AvgIpc) is 3.33. The van der Waals surface area contributed by atoms with Crippen LogP contribution in [0.5, 0.6) is 11.5 Å². The van der Waals surface area contributed by atoms with Gasteiger partial charge < -0.3 is 54.4 Å². The zero-order valence-corrected chi connectivity index (χ0v) is 49.7. The Morgan fingerprint density at radius 2 is 1.59 bits per heavy atom. The number of hydrogen-bond donors (Lipinski definition) is 4. The number of benzene rings is 4. The van der Waals surface area contributed by atoms with Crippen LogP contribution in [0.2, 0.25) is 0 Å². The molecule has 83 heavy (non-hydrogen) atoms. The molecule has 0 bridgehead atoms. The van der Waals surface area contributed by atoms with E-state index in [4.69, 9.17) is 18.9 Å². The summed E-state index contributed by atoms with van der Waals surface area (Å²) >= 11 is 1.54. The number of rotatable bonds is 25. The van der Waals surface area contributed by atoms with E-state index in [0.717, 1.165) is 98.9 Å². The van der Waals surface area contributed by atoms with Crippen molar-refractivity contribution in [1.82, 2.24) is 30.4 Å². The summed E-state index contributed by atoms with van der Waals surface area (Å²) in [5.74, 6) is -0.0656. The molecule has 0 unspecified atom stereocenters. The number of amides is 4. The molecule has 0 aliphatic carbocycles. The molecule has 4 aromatic carbocycles. The van der Waals surface area contributed by atoms with Gasteiger partial charge in [-0.15, -0.1) is 11.3 Å². The van der Waals surface area contributed by atoms with E-state index >= 15 is 0 Å². The summed E-state index contributed by atoms with van der Waals surface area (Å²) in [6.45, 7) is 18.3. The lowest BCUT2D eigenvalue weighted by molar-refractivity contribution is -0.143. The highest BCUT2D eigenvalue weighted by Gasteiger charge is 2.46. The summed E-state index contributed by atoms with van der Waals surface area (Å²) in [5.41, 5.74) is 12.1. The first-order chi connectivity index (χ1) is 40.1. The fraction of sp³-hybridized carbons (Fsp3) is 0.446. The molecule has 3 aliphatic rings. The first kappa shape index (κ1) is 60.2. The van der Waals surface area contributed by atoms with E-state index in [-0.39, 0.29) is 67.2 Å². The number of β-amino-alcohol motifs (C(OH)–C–C–N with tert-alkyl or cyclic N) is 1. The zero-order valence-electron chi connectivity index (χ0n) is 48.9. The Kier molecular flexibility index (Phi) is 20.2. The van der Waals surface area contributed by atoms with Gasteiger partial charge in [0.05, 0.1) is 35.4 Å². The zero-order chi connectivity index (χ0) is 58.7. The smallest absolute Gasteiger partial charge is 0.255 e. The van der Waals surface area contributed by atoms with Crippen LogP contribution in [-0.2, 0) is 38.7 Å². The number of nitrogens with zero attached hydrogens (tertiary/aromatic N) is 4. The van der Waals surface area contributed by atoms with Crippen molar-refractivity contribution in [1.29, 1.82) is 0 Å². The molecule has 0 radical (unpaired) electrons. The van der Waals surface area contributed by atoms with Gasteiger partial charge in [0.25, 0.3) is 17.4 Å². The van der Waals surface area contributed by atoms with E-state index < -0.39 is 18.2 Å². The number of aliphatic hydroxyl groups is 1. The summed E-state index contributed by atoms with van der Waals surface area (Å²) in [5, 5.41) is 16.9. The quantitative estimate of drug-likeness (QED) is 0.0396. The minimum atomic E-state index is -0.911. The number of ether oxygens (including phenoxy) is 4. The van der Waals surface area contributed by atoms with E-state index in [1.54, 1.807) is 22.3 Å². The molecule has 440 valence electrons. The van der Waals surface area contributed by atoms with Crippen LogP contribution >= 0.6 is 11.3 Å². The maximum atomic E-state index is 14.3. The first-order valence-corrected chi connectivity index (χ1v) is 30.1. The fourth-order valence-corrected chi connectivity index (χ4v) is 12.5. The van der Waals surface area contributed by atoms with Crippen LogP contribution in [0.1, 0.15) is 119 Å². The molecule has 18 heteroatoms. The van der Waals surface area contributed by atoms with Crippen molar-refractivity contribution < 1.29 is 43.2 Å². The molecule has 3 aliphatic heterocycles. The molecule has 0 spiro atoms. The Hall–Kier alpha value is -7.38. The average molecular weight is 1150 g/mol. The van der Waals surface area contributed by atoms with Crippen LogP contribution in [-0.4, -0.2) is 125 Å². The molecular weight excluding hydrogens is 1070 g/mol. The number of aromatic amines is 1. The van der Waals surface area contributed by atoms with Crippen molar-refractivity contribution in [2.75, 3.05) is 57.6 Å². The van der Waals surface area contributed by atoms with Gasteiger partial charge in [0.15, 0.2) is 0 Å². The predicted octanol–water partition coefficient (Wildman–Crippen LogP) is 9.24. The molecule has 3 atom stereocenters. The molecule has 4 N–H and O–H groups in total. The Labute approximate surface area is 490 Å². The second kappa shape index (κ2) is 27.8. The second-order valence-corrected chi connectivity index (χ2v) is 23.2. The third-order valence-corrected chi connectivity index (χ3v) is 17.1. The van der Waals surface area contributed by atoms with Gasteiger partial charge in [0, 0.05) is 112 Å². The SMILES string of the molecule is CCN(c1cc(-c2ccc(OCCCCOCCCOc3cc(-c4scnc4C)ccc3CNC(=O)[C@@H]3C[C@@H](O)CN3C(=O)[C@H](C(C)C)N3Cc4ccccc4C3=O)cc2)cc(C(=O)NCc2c(C)cc(C)[nH]c2=O)c1C)C1CCOCC1. The Bertz CT molecular complexity index is 3320. The van der Waals surface area contributed by atoms with Crippen molar-refractivity contribution >= 4 is 40.7 Å². The second-order valence-electron chi connectivity index (χ2n) is 22.3. The van der Waals surface area contributed by atoms with Gasteiger partial charge in [-0.1, -0.05) is 56.3 Å². The maximum Gasteiger partial charge on any atom is 0.255 e. The lowest BCUT2D eigenvalue weighted by Gasteiger charge is -2.37. The molecule has 9 rings (SSSR count). The van der Waals surface area contributed by atoms with Crippen molar-refractivity contribution in [3.8, 4) is 33.1 Å². The Morgan fingerprint density at radius 1 is 0.855 bits per heavy atom. The molecule has 17 nitrogen and oxygen atoms in total. The number of anilines is 1. The van der Waals surface area contributed by atoms with E-state index in [1.165, 1.54) is 4.90 Å². The molecule has 4 amide bonds. The van der Waals surface area contributed by atoms with Crippen molar-refractivity contribution in [2.45, 2.75) is 131 Å². The number of aryl methyl sites for hydroxylation is 3. The number of carbonyl (C=O) groups excluding carboxylic acids is 4. The van der Waals surface area contributed by atoms with Crippen LogP contribution in [0.15, 0.2) is 95.2 Å². The fourth-order valence-electron chi connectivity index (χ4n) is 11.7. The monoisotopic (exact) mass is 1150 g/mol. The normalized spacial score (nSPS) is 16.5.